The molecule has 0 bridgehead atoms. The molecule has 0 unspecified atom stereocenters. The predicted octanol–water partition coefficient (Wildman–Crippen LogP) is 1.91. The van der Waals surface area contributed by atoms with Crippen molar-refractivity contribution in [1.82, 2.24) is 14.7 Å². The van der Waals surface area contributed by atoms with E-state index in [2.05, 4.69) is 5.10 Å². The largest absolute Gasteiger partial charge is 0.508 e. The summed E-state index contributed by atoms with van der Waals surface area (Å²) in [4.78, 5) is 14.5. The number of carbonyl (C=O) groups excluding carboxylic acids is 1. The molecule has 0 aliphatic carbocycles. The molecule has 1 aromatic carbocycles. The highest BCUT2D eigenvalue weighted by atomic mass is 16.3. The lowest BCUT2D eigenvalue weighted by Gasteiger charge is -2.32. The molecule has 6 nitrogen and oxygen atoms in total. The molecule has 2 heterocycles. The van der Waals surface area contributed by atoms with Gasteiger partial charge in [-0.15, -0.1) is 0 Å². The maximum Gasteiger partial charge on any atom is 0.253 e. The van der Waals surface area contributed by atoms with Crippen LogP contribution in [-0.4, -0.2) is 50.5 Å². The molecule has 0 saturated carbocycles. The molecule has 24 heavy (non-hydrogen) atoms. The van der Waals surface area contributed by atoms with Crippen molar-refractivity contribution in [3.63, 3.8) is 0 Å². The van der Waals surface area contributed by atoms with Gasteiger partial charge in [0.15, 0.2) is 0 Å². The van der Waals surface area contributed by atoms with Crippen LogP contribution in [0.2, 0.25) is 0 Å². The molecule has 1 amide bonds. The van der Waals surface area contributed by atoms with Crippen LogP contribution in [-0.2, 0) is 6.54 Å². The summed E-state index contributed by atoms with van der Waals surface area (Å²) in [6.07, 6.45) is 3.51. The minimum absolute atomic E-state index is 0.0312. The fourth-order valence-corrected chi connectivity index (χ4v) is 3.42. The summed E-state index contributed by atoms with van der Waals surface area (Å²) in [5.74, 6) is 0.450. The first-order valence-electron chi connectivity index (χ1n) is 8.31. The lowest BCUT2D eigenvalue weighted by molar-refractivity contribution is 0.0710. The number of nitrogens with zero attached hydrogens (tertiary/aromatic N) is 3. The summed E-state index contributed by atoms with van der Waals surface area (Å²) in [5, 5.41) is 23.1. The summed E-state index contributed by atoms with van der Waals surface area (Å²) in [7, 11) is 0. The van der Waals surface area contributed by atoms with Gasteiger partial charge in [0.2, 0.25) is 0 Å². The first-order valence-corrected chi connectivity index (χ1v) is 8.31. The molecule has 3 rings (SSSR count). The van der Waals surface area contributed by atoms with Crippen LogP contribution >= 0.6 is 0 Å². The van der Waals surface area contributed by atoms with E-state index in [-0.39, 0.29) is 18.3 Å². The highest BCUT2D eigenvalue weighted by Crippen LogP contribution is 2.29. The van der Waals surface area contributed by atoms with Crippen LogP contribution in [0.1, 0.15) is 40.4 Å². The number of aliphatic hydroxyl groups is 1. The van der Waals surface area contributed by atoms with Crippen LogP contribution in [0.3, 0.4) is 0 Å². The first-order chi connectivity index (χ1) is 11.6. The molecular formula is C18H23N3O3. The maximum atomic E-state index is 12.6. The summed E-state index contributed by atoms with van der Waals surface area (Å²) in [6.45, 7) is 3.81. The lowest BCUT2D eigenvalue weighted by atomic mass is 9.93. The first kappa shape index (κ1) is 16.5. The number of aryl methyl sites for hydroxylation is 1. The van der Waals surface area contributed by atoms with Gasteiger partial charge in [-0.2, -0.15) is 5.10 Å². The van der Waals surface area contributed by atoms with Gasteiger partial charge in [-0.1, -0.05) is 0 Å². The second-order valence-electron chi connectivity index (χ2n) is 6.33. The summed E-state index contributed by atoms with van der Waals surface area (Å²) < 4.78 is 1.85. The van der Waals surface area contributed by atoms with Crippen molar-refractivity contribution in [2.24, 2.45) is 0 Å². The quantitative estimate of drug-likeness (QED) is 0.898. The average Bonchev–Trinajstić information content (AvgIpc) is 3.02. The highest BCUT2D eigenvalue weighted by Gasteiger charge is 2.26. The highest BCUT2D eigenvalue weighted by molar-refractivity contribution is 5.94. The number of rotatable bonds is 4. The molecular weight excluding hydrogens is 306 g/mol. The van der Waals surface area contributed by atoms with E-state index in [4.69, 9.17) is 5.11 Å². The van der Waals surface area contributed by atoms with E-state index in [9.17, 15) is 9.90 Å². The number of benzene rings is 1. The minimum Gasteiger partial charge on any atom is -0.508 e. The zero-order valence-electron chi connectivity index (χ0n) is 13.9. The van der Waals surface area contributed by atoms with Crippen molar-refractivity contribution in [3.8, 4) is 5.75 Å². The Kier molecular flexibility index (Phi) is 4.85. The molecule has 2 aromatic rings. The van der Waals surface area contributed by atoms with Gasteiger partial charge < -0.3 is 15.1 Å². The Morgan fingerprint density at radius 2 is 2.04 bits per heavy atom. The number of hydrogen-bond acceptors (Lipinski definition) is 4. The number of phenolic OH excluding ortho intramolecular Hbond substituents is 1. The number of aliphatic hydroxyl groups excluding tert-OH is 1. The molecule has 2 N–H and O–H groups in total. The van der Waals surface area contributed by atoms with E-state index in [1.165, 1.54) is 6.07 Å². The average molecular weight is 329 g/mol. The van der Waals surface area contributed by atoms with E-state index < -0.39 is 0 Å². The fourth-order valence-electron chi connectivity index (χ4n) is 3.42. The smallest absolute Gasteiger partial charge is 0.253 e. The van der Waals surface area contributed by atoms with E-state index in [1.54, 1.807) is 12.3 Å². The number of likely N-dealkylation sites (tertiary alicyclic amines) is 1. The Hall–Kier alpha value is -2.34. The van der Waals surface area contributed by atoms with Crippen LogP contribution < -0.4 is 0 Å². The van der Waals surface area contributed by atoms with Gasteiger partial charge in [0.1, 0.15) is 5.75 Å². The third-order valence-corrected chi connectivity index (χ3v) is 4.57. The number of aromatic nitrogens is 2. The number of amides is 1. The minimum atomic E-state index is -0.0312. The maximum absolute atomic E-state index is 12.6. The molecule has 6 heteroatoms. The third kappa shape index (κ3) is 3.43. The molecule has 1 aliphatic rings. The lowest BCUT2D eigenvalue weighted by Crippen LogP contribution is -2.38. The monoisotopic (exact) mass is 329 g/mol. The summed E-state index contributed by atoms with van der Waals surface area (Å²) in [5.41, 5.74) is 2.54. The van der Waals surface area contributed by atoms with E-state index in [1.807, 2.05) is 28.6 Å². The zero-order valence-corrected chi connectivity index (χ0v) is 13.9. The topological polar surface area (TPSA) is 78.6 Å². The van der Waals surface area contributed by atoms with Crippen molar-refractivity contribution in [2.45, 2.75) is 32.2 Å². The molecule has 1 fully saturated rings. The van der Waals surface area contributed by atoms with Crippen LogP contribution in [0.25, 0.3) is 0 Å². The SMILES string of the molecule is Cc1cc(O)cc(C(=O)N2CCC(c3ccnn3CCO)CC2)c1. The molecule has 0 radical (unpaired) electrons. The van der Waals surface area contributed by atoms with Gasteiger partial charge in [-0.05, 0) is 49.6 Å². The van der Waals surface area contributed by atoms with Crippen molar-refractivity contribution in [1.29, 1.82) is 0 Å². The normalized spacial score (nSPS) is 15.7. The molecule has 0 spiro atoms. The number of piperidine rings is 1. The van der Waals surface area contributed by atoms with Crippen LogP contribution in [0, 0.1) is 6.92 Å². The van der Waals surface area contributed by atoms with Gasteiger partial charge in [0.05, 0.1) is 13.2 Å². The molecule has 1 aromatic heterocycles. The second kappa shape index (κ2) is 7.05. The fraction of sp³-hybridized carbons (Fsp3) is 0.444. The number of aromatic hydroxyl groups is 1. The molecule has 1 aliphatic heterocycles. The standard InChI is InChI=1S/C18H23N3O3/c1-13-10-15(12-16(23)11-13)18(24)20-6-3-14(4-7-20)17-2-5-19-21(17)8-9-22/h2,5,10-12,14,22-23H,3-4,6-9H2,1H3. The number of hydrogen-bond donors (Lipinski definition) is 2. The number of phenols is 1. The summed E-state index contributed by atoms with van der Waals surface area (Å²) >= 11 is 0. The summed E-state index contributed by atoms with van der Waals surface area (Å²) in [6, 6.07) is 6.98. The Bertz CT molecular complexity index is 698. The molecule has 128 valence electrons. The van der Waals surface area contributed by atoms with E-state index in [0.29, 0.717) is 31.1 Å². The zero-order chi connectivity index (χ0) is 17.1. The van der Waals surface area contributed by atoms with Gasteiger partial charge in [0.25, 0.3) is 5.91 Å². The van der Waals surface area contributed by atoms with Gasteiger partial charge in [-0.25, -0.2) is 0 Å². The Labute approximate surface area is 141 Å². The van der Waals surface area contributed by atoms with E-state index in [0.717, 1.165) is 24.1 Å². The van der Waals surface area contributed by atoms with Gasteiger partial charge >= 0.3 is 0 Å². The van der Waals surface area contributed by atoms with Crippen LogP contribution in [0.5, 0.6) is 5.75 Å². The van der Waals surface area contributed by atoms with Crippen molar-refractivity contribution in [3.05, 3.63) is 47.3 Å². The molecule has 0 atom stereocenters. The van der Waals surface area contributed by atoms with Gasteiger partial charge in [-0.3, -0.25) is 9.48 Å². The van der Waals surface area contributed by atoms with Crippen LogP contribution in [0.4, 0.5) is 0 Å². The predicted molar refractivity (Wildman–Crippen MR) is 90.0 cm³/mol. The Balaban J connectivity index is 1.66. The van der Waals surface area contributed by atoms with Crippen LogP contribution in [0.15, 0.2) is 30.5 Å². The van der Waals surface area contributed by atoms with Gasteiger partial charge in [0, 0.05) is 36.5 Å². The Morgan fingerprint density at radius 3 is 2.71 bits per heavy atom. The Morgan fingerprint density at radius 1 is 1.29 bits per heavy atom. The number of carbonyl (C=O) groups is 1. The third-order valence-electron chi connectivity index (χ3n) is 4.57. The van der Waals surface area contributed by atoms with Crippen molar-refractivity contribution in [2.75, 3.05) is 19.7 Å². The van der Waals surface area contributed by atoms with Crippen molar-refractivity contribution < 1.29 is 15.0 Å². The second-order valence-corrected chi connectivity index (χ2v) is 6.33. The van der Waals surface area contributed by atoms with Crippen molar-refractivity contribution >= 4 is 5.91 Å². The molecule has 1 saturated heterocycles. The van der Waals surface area contributed by atoms with E-state index >= 15 is 0 Å².